The number of ether oxygens (including phenoxy) is 1. The zero-order valence-electron chi connectivity index (χ0n) is 10.2. The first-order valence-corrected chi connectivity index (χ1v) is 6.75. The summed E-state index contributed by atoms with van der Waals surface area (Å²) in [5, 5.41) is 8.23. The molecule has 17 heavy (non-hydrogen) atoms. The third kappa shape index (κ3) is 3.93. The summed E-state index contributed by atoms with van der Waals surface area (Å²) in [6.45, 7) is 2.81. The molecule has 94 valence electrons. The molecule has 0 saturated heterocycles. The van der Waals surface area contributed by atoms with Crippen molar-refractivity contribution in [2.45, 2.75) is 51.7 Å². The van der Waals surface area contributed by atoms with Crippen molar-refractivity contribution in [3.63, 3.8) is 0 Å². The van der Waals surface area contributed by atoms with Crippen LogP contribution in [0.1, 0.15) is 44.7 Å². The lowest BCUT2D eigenvalue weighted by molar-refractivity contribution is 0.0000682. The Hall–Kier alpha value is -0.670. The van der Waals surface area contributed by atoms with Gasteiger partial charge in [0.2, 0.25) is 0 Å². The van der Waals surface area contributed by atoms with Crippen molar-refractivity contribution in [1.82, 2.24) is 10.2 Å². The normalized spacial score (nSPS) is 24.8. The molecule has 1 aliphatic rings. The maximum absolute atomic E-state index is 5.90. The molecule has 1 fully saturated rings. The Morgan fingerprint density at radius 3 is 2.94 bits per heavy atom. The van der Waals surface area contributed by atoms with E-state index < -0.39 is 0 Å². The van der Waals surface area contributed by atoms with E-state index in [0.29, 0.717) is 17.9 Å². The van der Waals surface area contributed by atoms with Crippen LogP contribution in [0.2, 0.25) is 5.15 Å². The molecule has 2 rings (SSSR count). The fourth-order valence-electron chi connectivity index (χ4n) is 2.39. The van der Waals surface area contributed by atoms with Crippen molar-refractivity contribution < 1.29 is 4.74 Å². The fourth-order valence-corrected chi connectivity index (χ4v) is 2.49. The third-order valence-corrected chi connectivity index (χ3v) is 3.67. The van der Waals surface area contributed by atoms with E-state index in [-0.39, 0.29) is 0 Å². The third-order valence-electron chi connectivity index (χ3n) is 3.47. The second kappa shape index (κ2) is 6.31. The van der Waals surface area contributed by atoms with Crippen LogP contribution in [0.3, 0.4) is 0 Å². The number of aromatic nitrogens is 2. The van der Waals surface area contributed by atoms with Gasteiger partial charge in [-0.15, -0.1) is 5.10 Å². The number of halogens is 1. The van der Waals surface area contributed by atoms with Gasteiger partial charge >= 0.3 is 0 Å². The first-order chi connectivity index (χ1) is 8.28. The highest BCUT2D eigenvalue weighted by Crippen LogP contribution is 2.28. The van der Waals surface area contributed by atoms with Gasteiger partial charge in [0, 0.05) is 0 Å². The minimum Gasteiger partial charge on any atom is -0.372 e. The SMILES string of the molecule is CCC1CCCC(OCc2ccc(Cl)nn2)C1. The Kier molecular flexibility index (Phi) is 4.75. The smallest absolute Gasteiger partial charge is 0.151 e. The van der Waals surface area contributed by atoms with Crippen LogP contribution in [-0.2, 0) is 11.3 Å². The quantitative estimate of drug-likeness (QED) is 0.823. The summed E-state index contributed by atoms with van der Waals surface area (Å²) in [7, 11) is 0. The lowest BCUT2D eigenvalue weighted by Gasteiger charge is -2.28. The lowest BCUT2D eigenvalue weighted by atomic mass is 9.85. The Balaban J connectivity index is 1.79. The van der Waals surface area contributed by atoms with E-state index in [1.165, 1.54) is 32.1 Å². The lowest BCUT2D eigenvalue weighted by Crippen LogP contribution is -2.22. The van der Waals surface area contributed by atoms with Crippen LogP contribution in [0.4, 0.5) is 0 Å². The average molecular weight is 255 g/mol. The Morgan fingerprint density at radius 1 is 1.35 bits per heavy atom. The van der Waals surface area contributed by atoms with Crippen LogP contribution < -0.4 is 0 Å². The minimum absolute atomic E-state index is 0.395. The predicted molar refractivity (Wildman–Crippen MR) is 67.9 cm³/mol. The van der Waals surface area contributed by atoms with E-state index in [9.17, 15) is 0 Å². The topological polar surface area (TPSA) is 35.0 Å². The van der Waals surface area contributed by atoms with Crippen molar-refractivity contribution in [3.05, 3.63) is 23.0 Å². The second-order valence-corrected chi connectivity index (χ2v) is 5.11. The molecule has 2 atom stereocenters. The molecule has 1 aromatic rings. The standard InChI is InChI=1S/C13H19ClN2O/c1-2-10-4-3-5-12(8-10)17-9-11-6-7-13(14)16-15-11/h6-7,10,12H,2-5,8-9H2,1H3. The van der Waals surface area contributed by atoms with Gasteiger partial charge in [-0.1, -0.05) is 37.8 Å². The van der Waals surface area contributed by atoms with Gasteiger partial charge < -0.3 is 4.74 Å². The highest BCUT2D eigenvalue weighted by atomic mass is 35.5. The summed E-state index contributed by atoms with van der Waals surface area (Å²) in [4.78, 5) is 0. The van der Waals surface area contributed by atoms with Gasteiger partial charge in [-0.05, 0) is 30.9 Å². The summed E-state index contributed by atoms with van der Waals surface area (Å²) in [6, 6.07) is 3.62. The van der Waals surface area contributed by atoms with E-state index in [4.69, 9.17) is 16.3 Å². The molecule has 0 N–H and O–H groups in total. The zero-order valence-corrected chi connectivity index (χ0v) is 11.0. The van der Waals surface area contributed by atoms with E-state index >= 15 is 0 Å². The van der Waals surface area contributed by atoms with Crippen LogP contribution in [0.25, 0.3) is 0 Å². The Morgan fingerprint density at radius 2 is 2.24 bits per heavy atom. The molecule has 0 radical (unpaired) electrons. The van der Waals surface area contributed by atoms with Crippen LogP contribution in [-0.4, -0.2) is 16.3 Å². The summed E-state index contributed by atoms with van der Waals surface area (Å²) in [5.74, 6) is 0.838. The molecular formula is C13H19ClN2O. The van der Waals surface area contributed by atoms with Gasteiger partial charge in [-0.2, -0.15) is 5.10 Å². The molecule has 0 spiro atoms. The monoisotopic (exact) mass is 254 g/mol. The summed E-state index contributed by atoms with van der Waals surface area (Å²) in [6.07, 6.45) is 6.67. The van der Waals surface area contributed by atoms with Gasteiger partial charge in [0.1, 0.15) is 0 Å². The first-order valence-electron chi connectivity index (χ1n) is 6.37. The summed E-state index contributed by atoms with van der Waals surface area (Å²) >= 11 is 5.68. The maximum atomic E-state index is 5.90. The first kappa shape index (κ1) is 12.8. The Labute approximate surface area is 108 Å². The molecule has 0 aromatic carbocycles. The Bertz CT molecular complexity index is 342. The molecule has 2 unspecified atom stereocenters. The average Bonchev–Trinajstić information content (AvgIpc) is 2.38. The highest BCUT2D eigenvalue weighted by Gasteiger charge is 2.21. The van der Waals surface area contributed by atoms with Crippen molar-refractivity contribution in [2.75, 3.05) is 0 Å². The number of nitrogens with zero attached hydrogens (tertiary/aromatic N) is 2. The van der Waals surface area contributed by atoms with E-state index in [2.05, 4.69) is 17.1 Å². The molecule has 1 aromatic heterocycles. The minimum atomic E-state index is 0.395. The molecule has 0 bridgehead atoms. The highest BCUT2D eigenvalue weighted by molar-refractivity contribution is 6.29. The summed E-state index contributed by atoms with van der Waals surface area (Å²) in [5.41, 5.74) is 0.855. The molecule has 0 aliphatic heterocycles. The second-order valence-electron chi connectivity index (χ2n) is 4.72. The molecule has 1 saturated carbocycles. The summed E-state index contributed by atoms with van der Waals surface area (Å²) < 4.78 is 5.90. The predicted octanol–water partition coefficient (Wildman–Crippen LogP) is 3.62. The van der Waals surface area contributed by atoms with Gasteiger partial charge in [0.15, 0.2) is 5.15 Å². The number of rotatable bonds is 4. The van der Waals surface area contributed by atoms with Crippen LogP contribution in [0, 0.1) is 5.92 Å². The van der Waals surface area contributed by atoms with Crippen molar-refractivity contribution in [3.8, 4) is 0 Å². The van der Waals surface area contributed by atoms with Crippen molar-refractivity contribution in [1.29, 1.82) is 0 Å². The molecular weight excluding hydrogens is 236 g/mol. The van der Waals surface area contributed by atoms with E-state index in [1.807, 2.05) is 6.07 Å². The maximum Gasteiger partial charge on any atom is 0.151 e. The number of hydrogen-bond donors (Lipinski definition) is 0. The van der Waals surface area contributed by atoms with E-state index in [1.54, 1.807) is 6.07 Å². The molecule has 1 heterocycles. The van der Waals surface area contributed by atoms with Crippen LogP contribution in [0.15, 0.2) is 12.1 Å². The van der Waals surface area contributed by atoms with E-state index in [0.717, 1.165) is 11.6 Å². The fraction of sp³-hybridized carbons (Fsp3) is 0.692. The van der Waals surface area contributed by atoms with Crippen molar-refractivity contribution in [2.24, 2.45) is 5.92 Å². The largest absolute Gasteiger partial charge is 0.372 e. The van der Waals surface area contributed by atoms with Crippen LogP contribution in [0.5, 0.6) is 0 Å². The molecule has 0 amide bonds. The molecule has 3 nitrogen and oxygen atoms in total. The van der Waals surface area contributed by atoms with Crippen molar-refractivity contribution >= 4 is 11.6 Å². The number of hydrogen-bond acceptors (Lipinski definition) is 3. The van der Waals surface area contributed by atoms with Gasteiger partial charge in [-0.25, -0.2) is 0 Å². The van der Waals surface area contributed by atoms with Gasteiger partial charge in [-0.3, -0.25) is 0 Å². The zero-order chi connectivity index (χ0) is 12.1. The molecule has 1 aliphatic carbocycles. The van der Waals surface area contributed by atoms with Gasteiger partial charge in [0.25, 0.3) is 0 Å². The van der Waals surface area contributed by atoms with Gasteiger partial charge in [0.05, 0.1) is 18.4 Å². The van der Waals surface area contributed by atoms with Crippen LogP contribution >= 0.6 is 11.6 Å². The molecule has 4 heteroatoms.